The summed E-state index contributed by atoms with van der Waals surface area (Å²) in [6, 6.07) is 12.6. The highest BCUT2D eigenvalue weighted by atomic mass is 16.5. The van der Waals surface area contributed by atoms with Crippen LogP contribution in [0.4, 0.5) is 11.4 Å². The molecule has 0 spiro atoms. The Labute approximate surface area is 118 Å². The molecule has 0 saturated carbocycles. The van der Waals surface area contributed by atoms with Crippen LogP contribution in [0.25, 0.3) is 0 Å². The number of aryl methyl sites for hydroxylation is 1. The molecule has 0 bridgehead atoms. The summed E-state index contributed by atoms with van der Waals surface area (Å²) < 4.78 is 5.35. The minimum Gasteiger partial charge on any atom is -0.494 e. The van der Waals surface area contributed by atoms with E-state index in [0.717, 1.165) is 11.3 Å². The number of nitrogens with two attached hydrogens (primary N) is 1. The van der Waals surface area contributed by atoms with Crippen molar-refractivity contribution in [3.05, 3.63) is 53.6 Å². The van der Waals surface area contributed by atoms with Gasteiger partial charge < -0.3 is 15.8 Å². The first-order valence-electron chi connectivity index (χ1n) is 6.50. The summed E-state index contributed by atoms with van der Waals surface area (Å²) in [5.74, 6) is 0.562. The van der Waals surface area contributed by atoms with Gasteiger partial charge in [0.25, 0.3) is 5.91 Å². The highest BCUT2D eigenvalue weighted by Gasteiger charge is 2.09. The van der Waals surface area contributed by atoms with Crippen LogP contribution in [0.5, 0.6) is 5.75 Å². The van der Waals surface area contributed by atoms with Gasteiger partial charge in [-0.2, -0.15) is 0 Å². The summed E-state index contributed by atoms with van der Waals surface area (Å²) in [6.45, 7) is 4.48. The second-order valence-electron chi connectivity index (χ2n) is 4.50. The topological polar surface area (TPSA) is 64.3 Å². The molecule has 4 heteroatoms. The van der Waals surface area contributed by atoms with Crippen LogP contribution in [0.2, 0.25) is 0 Å². The minimum atomic E-state index is -0.216. The molecule has 0 aliphatic carbocycles. The number of anilines is 2. The van der Waals surface area contributed by atoms with Crippen LogP contribution in [-0.2, 0) is 0 Å². The number of hydrogen-bond donors (Lipinski definition) is 2. The molecule has 0 atom stereocenters. The molecule has 0 fully saturated rings. The normalized spacial score (nSPS) is 10.1. The maximum Gasteiger partial charge on any atom is 0.257 e. The van der Waals surface area contributed by atoms with Gasteiger partial charge in [0.05, 0.1) is 12.2 Å². The molecule has 20 heavy (non-hydrogen) atoms. The third-order valence-corrected chi connectivity index (χ3v) is 2.87. The molecule has 2 rings (SSSR count). The van der Waals surface area contributed by atoms with Gasteiger partial charge in [0.2, 0.25) is 0 Å². The van der Waals surface area contributed by atoms with Crippen LogP contribution in [-0.4, -0.2) is 12.5 Å². The van der Waals surface area contributed by atoms with Crippen LogP contribution in [0.1, 0.15) is 22.8 Å². The van der Waals surface area contributed by atoms with Gasteiger partial charge in [-0.3, -0.25) is 4.79 Å². The maximum atomic E-state index is 12.1. The quantitative estimate of drug-likeness (QED) is 0.838. The molecular weight excluding hydrogens is 252 g/mol. The number of hydrogen-bond acceptors (Lipinski definition) is 3. The summed E-state index contributed by atoms with van der Waals surface area (Å²) in [6.07, 6.45) is 0. The Kier molecular flexibility index (Phi) is 4.25. The standard InChI is InChI=1S/C16H18N2O2/c1-3-20-13-7-5-12(6-8-13)18-16(19)14-9-4-11(2)10-15(14)17/h4-10H,3,17H2,1-2H3,(H,18,19). The number of nitrogen functional groups attached to an aromatic ring is 1. The number of ether oxygens (including phenoxy) is 1. The van der Waals surface area contributed by atoms with Crippen molar-refractivity contribution in [1.29, 1.82) is 0 Å². The number of rotatable bonds is 4. The van der Waals surface area contributed by atoms with E-state index < -0.39 is 0 Å². The first-order chi connectivity index (χ1) is 9.60. The Balaban J connectivity index is 2.11. The lowest BCUT2D eigenvalue weighted by molar-refractivity contribution is 0.102. The zero-order valence-corrected chi connectivity index (χ0v) is 11.6. The van der Waals surface area contributed by atoms with E-state index in [1.807, 2.05) is 32.0 Å². The lowest BCUT2D eigenvalue weighted by Crippen LogP contribution is -2.14. The van der Waals surface area contributed by atoms with Crippen LogP contribution in [0.3, 0.4) is 0 Å². The summed E-state index contributed by atoms with van der Waals surface area (Å²) in [7, 11) is 0. The molecule has 0 aliphatic rings. The molecule has 0 unspecified atom stereocenters. The Morgan fingerprint density at radius 3 is 2.50 bits per heavy atom. The zero-order valence-electron chi connectivity index (χ0n) is 11.6. The van der Waals surface area contributed by atoms with Crippen LogP contribution < -0.4 is 15.8 Å². The van der Waals surface area contributed by atoms with E-state index >= 15 is 0 Å². The van der Waals surface area contributed by atoms with Crippen molar-refractivity contribution in [2.45, 2.75) is 13.8 Å². The van der Waals surface area contributed by atoms with Crippen molar-refractivity contribution in [3.63, 3.8) is 0 Å². The third kappa shape index (κ3) is 3.29. The third-order valence-electron chi connectivity index (χ3n) is 2.87. The van der Waals surface area contributed by atoms with Crippen molar-refractivity contribution in [3.8, 4) is 5.75 Å². The molecular formula is C16H18N2O2. The van der Waals surface area contributed by atoms with Gasteiger partial charge in [0.15, 0.2) is 0 Å². The molecule has 0 saturated heterocycles. The Morgan fingerprint density at radius 2 is 1.90 bits per heavy atom. The van der Waals surface area contributed by atoms with Crippen molar-refractivity contribution >= 4 is 17.3 Å². The van der Waals surface area contributed by atoms with Crippen LogP contribution in [0.15, 0.2) is 42.5 Å². The second-order valence-corrected chi connectivity index (χ2v) is 4.50. The van der Waals surface area contributed by atoms with E-state index in [1.54, 1.807) is 24.3 Å². The van der Waals surface area contributed by atoms with Gasteiger partial charge in [-0.15, -0.1) is 0 Å². The molecule has 0 radical (unpaired) electrons. The van der Waals surface area contributed by atoms with E-state index in [1.165, 1.54) is 0 Å². The molecule has 0 aliphatic heterocycles. The van der Waals surface area contributed by atoms with Crippen LogP contribution in [0, 0.1) is 6.92 Å². The zero-order chi connectivity index (χ0) is 14.5. The number of carbonyl (C=O) groups excluding carboxylic acids is 1. The van der Waals surface area contributed by atoms with Gasteiger partial charge in [0.1, 0.15) is 5.75 Å². The number of nitrogens with one attached hydrogen (secondary N) is 1. The monoisotopic (exact) mass is 270 g/mol. The van der Waals surface area contributed by atoms with Crippen molar-refractivity contribution < 1.29 is 9.53 Å². The summed E-state index contributed by atoms with van der Waals surface area (Å²) in [5, 5.41) is 2.81. The Hall–Kier alpha value is -2.49. The SMILES string of the molecule is CCOc1ccc(NC(=O)c2ccc(C)cc2N)cc1. The largest absolute Gasteiger partial charge is 0.494 e. The van der Waals surface area contributed by atoms with E-state index in [4.69, 9.17) is 10.5 Å². The fourth-order valence-electron chi connectivity index (χ4n) is 1.89. The van der Waals surface area contributed by atoms with E-state index in [9.17, 15) is 4.79 Å². The molecule has 3 N–H and O–H groups in total. The van der Waals surface area contributed by atoms with Crippen molar-refractivity contribution in [1.82, 2.24) is 0 Å². The molecule has 1 amide bonds. The van der Waals surface area contributed by atoms with E-state index in [-0.39, 0.29) is 5.91 Å². The predicted octanol–water partition coefficient (Wildman–Crippen LogP) is 3.23. The number of amides is 1. The lowest BCUT2D eigenvalue weighted by atomic mass is 10.1. The highest BCUT2D eigenvalue weighted by molar-refractivity contribution is 6.07. The van der Waals surface area contributed by atoms with E-state index in [2.05, 4.69) is 5.32 Å². The van der Waals surface area contributed by atoms with Crippen molar-refractivity contribution in [2.24, 2.45) is 0 Å². The molecule has 2 aromatic rings. The average Bonchev–Trinajstić information content (AvgIpc) is 2.41. The van der Waals surface area contributed by atoms with Gasteiger partial charge >= 0.3 is 0 Å². The van der Waals surface area contributed by atoms with Gasteiger partial charge in [-0.1, -0.05) is 6.07 Å². The summed E-state index contributed by atoms with van der Waals surface area (Å²) in [5.41, 5.74) is 8.55. The van der Waals surface area contributed by atoms with Gasteiger partial charge in [0, 0.05) is 11.4 Å². The van der Waals surface area contributed by atoms with E-state index in [0.29, 0.717) is 23.5 Å². The molecule has 0 aromatic heterocycles. The molecule has 4 nitrogen and oxygen atoms in total. The highest BCUT2D eigenvalue weighted by Crippen LogP contribution is 2.19. The Morgan fingerprint density at radius 1 is 1.20 bits per heavy atom. The molecule has 0 heterocycles. The van der Waals surface area contributed by atoms with Crippen LogP contribution >= 0.6 is 0 Å². The molecule has 2 aromatic carbocycles. The first-order valence-corrected chi connectivity index (χ1v) is 6.50. The predicted molar refractivity (Wildman–Crippen MR) is 81.2 cm³/mol. The van der Waals surface area contributed by atoms with Gasteiger partial charge in [-0.25, -0.2) is 0 Å². The maximum absolute atomic E-state index is 12.1. The molecule has 104 valence electrons. The number of carbonyl (C=O) groups is 1. The fourth-order valence-corrected chi connectivity index (χ4v) is 1.89. The second kappa shape index (κ2) is 6.10. The Bertz CT molecular complexity index is 606. The lowest BCUT2D eigenvalue weighted by Gasteiger charge is -2.09. The average molecular weight is 270 g/mol. The minimum absolute atomic E-state index is 0.216. The number of benzene rings is 2. The summed E-state index contributed by atoms with van der Waals surface area (Å²) >= 11 is 0. The van der Waals surface area contributed by atoms with Gasteiger partial charge in [-0.05, 0) is 55.8 Å². The summed E-state index contributed by atoms with van der Waals surface area (Å²) in [4.78, 5) is 12.1. The van der Waals surface area contributed by atoms with Crippen molar-refractivity contribution in [2.75, 3.05) is 17.7 Å². The first kappa shape index (κ1) is 13.9. The smallest absolute Gasteiger partial charge is 0.257 e. The fraction of sp³-hybridized carbons (Fsp3) is 0.188.